The molecule has 0 spiro atoms. The molecule has 0 unspecified atom stereocenters. The van der Waals surface area contributed by atoms with E-state index in [-0.39, 0.29) is 11.4 Å². The van der Waals surface area contributed by atoms with Gasteiger partial charge < -0.3 is 15.2 Å². The van der Waals surface area contributed by atoms with Crippen LogP contribution in [0.1, 0.15) is 0 Å². The molecule has 84 valence electrons. The van der Waals surface area contributed by atoms with Gasteiger partial charge in [0.2, 0.25) is 0 Å². The lowest BCUT2D eigenvalue weighted by Crippen LogP contribution is -2.01. The SMILES string of the molecule is CNc1cc(OC)cc(S(=O)(=O)O)c1O. The average Bonchev–Trinajstić information content (AvgIpc) is 2.16. The quantitative estimate of drug-likeness (QED) is 0.525. The number of nitrogens with one attached hydrogen (secondary N) is 1. The number of hydrogen-bond acceptors (Lipinski definition) is 5. The van der Waals surface area contributed by atoms with Crippen molar-refractivity contribution in [1.82, 2.24) is 0 Å². The molecule has 7 heteroatoms. The molecule has 0 saturated carbocycles. The van der Waals surface area contributed by atoms with Crippen molar-refractivity contribution in [2.45, 2.75) is 4.90 Å². The van der Waals surface area contributed by atoms with Gasteiger partial charge in [-0.25, -0.2) is 0 Å². The number of benzene rings is 1. The normalized spacial score (nSPS) is 11.1. The van der Waals surface area contributed by atoms with Gasteiger partial charge in [0.25, 0.3) is 10.1 Å². The van der Waals surface area contributed by atoms with Crippen molar-refractivity contribution in [2.24, 2.45) is 0 Å². The molecule has 1 aromatic carbocycles. The van der Waals surface area contributed by atoms with E-state index in [1.165, 1.54) is 20.2 Å². The molecule has 0 aromatic heterocycles. The van der Waals surface area contributed by atoms with Crippen LogP contribution in [0, 0.1) is 0 Å². The van der Waals surface area contributed by atoms with E-state index in [1.807, 2.05) is 0 Å². The number of phenolic OH excluding ortho intramolecular Hbond substituents is 1. The Morgan fingerprint density at radius 1 is 1.40 bits per heavy atom. The van der Waals surface area contributed by atoms with Gasteiger partial charge in [-0.05, 0) is 0 Å². The number of anilines is 1. The van der Waals surface area contributed by atoms with Crippen LogP contribution in [0.3, 0.4) is 0 Å². The van der Waals surface area contributed by atoms with Crippen molar-refractivity contribution in [2.75, 3.05) is 19.5 Å². The van der Waals surface area contributed by atoms with Crippen LogP contribution in [-0.2, 0) is 10.1 Å². The lowest BCUT2D eigenvalue weighted by molar-refractivity contribution is 0.406. The summed E-state index contributed by atoms with van der Waals surface area (Å²) in [4.78, 5) is -0.591. The summed E-state index contributed by atoms with van der Waals surface area (Å²) in [5, 5.41) is 12.1. The minimum Gasteiger partial charge on any atom is -0.504 e. The standard InChI is InChI=1S/C8H11NO5S/c1-9-6-3-5(14-2)4-7(8(6)10)15(11,12)13/h3-4,9-10H,1-2H3,(H,11,12,13). The number of ether oxygens (including phenoxy) is 1. The first-order valence-electron chi connectivity index (χ1n) is 3.96. The highest BCUT2D eigenvalue weighted by Crippen LogP contribution is 2.35. The summed E-state index contributed by atoms with van der Waals surface area (Å²) in [6, 6.07) is 2.44. The Labute approximate surface area is 87.2 Å². The van der Waals surface area contributed by atoms with Gasteiger partial charge in [0.05, 0.1) is 12.8 Å². The molecular weight excluding hydrogens is 222 g/mol. The first-order valence-corrected chi connectivity index (χ1v) is 5.40. The van der Waals surface area contributed by atoms with Gasteiger partial charge in [-0.1, -0.05) is 0 Å². The number of methoxy groups -OCH3 is 1. The molecule has 0 aliphatic heterocycles. The fraction of sp³-hybridized carbons (Fsp3) is 0.250. The number of phenols is 1. The van der Waals surface area contributed by atoms with E-state index in [0.29, 0.717) is 0 Å². The molecule has 6 nitrogen and oxygen atoms in total. The Hall–Kier alpha value is -1.47. The summed E-state index contributed by atoms with van der Waals surface area (Å²) in [5.41, 5.74) is 0.155. The molecule has 0 heterocycles. The summed E-state index contributed by atoms with van der Waals surface area (Å²) in [7, 11) is -1.62. The van der Waals surface area contributed by atoms with Crippen LogP contribution in [0.15, 0.2) is 17.0 Å². The second-order valence-electron chi connectivity index (χ2n) is 2.75. The van der Waals surface area contributed by atoms with Crippen molar-refractivity contribution >= 4 is 15.8 Å². The molecule has 0 saturated heterocycles. The summed E-state index contributed by atoms with van der Waals surface area (Å²) in [6.07, 6.45) is 0. The van der Waals surface area contributed by atoms with Crippen LogP contribution >= 0.6 is 0 Å². The topological polar surface area (TPSA) is 95.9 Å². The third kappa shape index (κ3) is 2.31. The highest BCUT2D eigenvalue weighted by Gasteiger charge is 2.19. The van der Waals surface area contributed by atoms with Crippen LogP contribution < -0.4 is 10.1 Å². The molecule has 0 atom stereocenters. The van der Waals surface area contributed by atoms with Crippen LogP contribution in [0.25, 0.3) is 0 Å². The molecule has 15 heavy (non-hydrogen) atoms. The Kier molecular flexibility index (Phi) is 3.06. The predicted octanol–water partition coefficient (Wildman–Crippen LogP) is 0.689. The number of aromatic hydroxyl groups is 1. The van der Waals surface area contributed by atoms with Crippen LogP contribution in [0.2, 0.25) is 0 Å². The largest absolute Gasteiger partial charge is 0.504 e. The highest BCUT2D eigenvalue weighted by molar-refractivity contribution is 7.86. The molecular formula is C8H11NO5S. The third-order valence-electron chi connectivity index (χ3n) is 1.83. The van der Waals surface area contributed by atoms with Gasteiger partial charge in [-0.15, -0.1) is 0 Å². The van der Waals surface area contributed by atoms with Gasteiger partial charge in [0.15, 0.2) is 5.75 Å². The first-order chi connectivity index (χ1) is 6.90. The molecule has 1 rings (SSSR count). The zero-order valence-electron chi connectivity index (χ0n) is 8.18. The van der Waals surface area contributed by atoms with Crippen LogP contribution in [-0.4, -0.2) is 32.2 Å². The predicted molar refractivity (Wildman–Crippen MR) is 54.0 cm³/mol. The Morgan fingerprint density at radius 2 is 2.00 bits per heavy atom. The van der Waals surface area contributed by atoms with E-state index < -0.39 is 20.8 Å². The van der Waals surface area contributed by atoms with Crippen molar-refractivity contribution in [3.63, 3.8) is 0 Å². The Balaban J connectivity index is 3.51. The van der Waals surface area contributed by atoms with E-state index in [4.69, 9.17) is 9.29 Å². The summed E-state index contributed by atoms with van der Waals surface area (Å²) in [5.74, 6) is -0.328. The fourth-order valence-electron chi connectivity index (χ4n) is 1.09. The maximum Gasteiger partial charge on any atom is 0.298 e. The van der Waals surface area contributed by atoms with E-state index in [2.05, 4.69) is 5.32 Å². The van der Waals surface area contributed by atoms with Gasteiger partial charge in [0.1, 0.15) is 10.6 Å². The smallest absolute Gasteiger partial charge is 0.298 e. The summed E-state index contributed by atoms with van der Waals surface area (Å²) >= 11 is 0. The summed E-state index contributed by atoms with van der Waals surface area (Å²) in [6.45, 7) is 0. The van der Waals surface area contributed by atoms with E-state index in [9.17, 15) is 13.5 Å². The van der Waals surface area contributed by atoms with Gasteiger partial charge in [-0.2, -0.15) is 8.42 Å². The van der Waals surface area contributed by atoms with Crippen LogP contribution in [0.4, 0.5) is 5.69 Å². The van der Waals surface area contributed by atoms with E-state index in [1.54, 1.807) is 0 Å². The first kappa shape index (κ1) is 11.6. The Morgan fingerprint density at radius 3 is 2.40 bits per heavy atom. The average molecular weight is 233 g/mol. The lowest BCUT2D eigenvalue weighted by Gasteiger charge is -2.09. The van der Waals surface area contributed by atoms with Gasteiger partial charge in [-0.3, -0.25) is 4.55 Å². The van der Waals surface area contributed by atoms with Crippen molar-refractivity contribution < 1.29 is 22.8 Å². The monoisotopic (exact) mass is 233 g/mol. The van der Waals surface area contributed by atoms with Gasteiger partial charge >= 0.3 is 0 Å². The van der Waals surface area contributed by atoms with Crippen molar-refractivity contribution in [3.8, 4) is 11.5 Å². The van der Waals surface area contributed by atoms with Crippen molar-refractivity contribution in [1.29, 1.82) is 0 Å². The molecule has 0 amide bonds. The number of hydrogen-bond donors (Lipinski definition) is 3. The van der Waals surface area contributed by atoms with E-state index >= 15 is 0 Å². The molecule has 1 aromatic rings. The zero-order chi connectivity index (χ0) is 11.6. The highest BCUT2D eigenvalue weighted by atomic mass is 32.2. The van der Waals surface area contributed by atoms with Gasteiger partial charge in [0, 0.05) is 19.2 Å². The molecule has 0 aliphatic carbocycles. The second-order valence-corrected chi connectivity index (χ2v) is 4.14. The van der Waals surface area contributed by atoms with E-state index in [0.717, 1.165) is 6.07 Å². The third-order valence-corrected chi connectivity index (χ3v) is 2.70. The minimum atomic E-state index is -4.47. The molecule has 3 N–H and O–H groups in total. The number of rotatable bonds is 3. The van der Waals surface area contributed by atoms with Crippen molar-refractivity contribution in [3.05, 3.63) is 12.1 Å². The molecule has 0 aliphatic rings. The Bertz CT molecular complexity index is 468. The minimum absolute atomic E-state index is 0.155. The zero-order valence-corrected chi connectivity index (χ0v) is 9.00. The molecule has 0 fully saturated rings. The maximum atomic E-state index is 10.9. The molecule has 0 radical (unpaired) electrons. The lowest BCUT2D eigenvalue weighted by atomic mass is 10.2. The fourth-order valence-corrected chi connectivity index (χ4v) is 1.71. The summed E-state index contributed by atoms with van der Waals surface area (Å²) < 4.78 is 35.5. The maximum absolute atomic E-state index is 10.9. The van der Waals surface area contributed by atoms with Crippen LogP contribution in [0.5, 0.6) is 11.5 Å². The second kappa shape index (κ2) is 3.95. The molecule has 0 bridgehead atoms.